The van der Waals surface area contributed by atoms with Gasteiger partial charge in [-0.2, -0.15) is 0 Å². The van der Waals surface area contributed by atoms with Gasteiger partial charge in [0.05, 0.1) is 34.4 Å². The van der Waals surface area contributed by atoms with E-state index in [2.05, 4.69) is 5.32 Å². The highest BCUT2D eigenvalue weighted by Gasteiger charge is 2.17. The van der Waals surface area contributed by atoms with E-state index < -0.39 is 0 Å². The summed E-state index contributed by atoms with van der Waals surface area (Å²) in [6, 6.07) is 12.4. The number of rotatable bonds is 4. The average molecular weight is 411 g/mol. The van der Waals surface area contributed by atoms with Crippen molar-refractivity contribution in [2.24, 2.45) is 14.1 Å². The van der Waals surface area contributed by atoms with Crippen LogP contribution in [0.3, 0.4) is 0 Å². The number of methoxy groups -OCH3 is 1. The molecule has 8 heteroatoms. The Labute approximate surface area is 171 Å². The first-order valence-corrected chi connectivity index (χ1v) is 9.26. The molecule has 4 rings (SSSR count). The number of aryl methyl sites for hydroxylation is 2. The van der Waals surface area contributed by atoms with Crippen LogP contribution in [-0.4, -0.2) is 26.7 Å². The number of nitrogens with one attached hydrogen (secondary N) is 1. The monoisotopic (exact) mass is 410 g/mol. The second kappa shape index (κ2) is 7.18. The van der Waals surface area contributed by atoms with Crippen LogP contribution in [0.2, 0.25) is 5.02 Å². The molecule has 0 saturated heterocycles. The zero-order chi connectivity index (χ0) is 20.7. The number of hydrogen-bond acceptors (Lipinski definition) is 3. The Bertz CT molecular complexity index is 1290. The summed E-state index contributed by atoms with van der Waals surface area (Å²) in [6.45, 7) is 0. The molecule has 0 bridgehead atoms. The lowest BCUT2D eigenvalue weighted by molar-refractivity contribution is 0.102. The molecule has 0 radical (unpaired) electrons. The number of fused-ring (bicyclic) bond motifs is 1. The number of hydrogen-bond donors (Lipinski definition) is 1. The van der Waals surface area contributed by atoms with E-state index in [1.165, 1.54) is 11.7 Å². The summed E-state index contributed by atoms with van der Waals surface area (Å²) in [7, 11) is 4.91. The number of amides is 1. The van der Waals surface area contributed by atoms with Crippen LogP contribution in [0.4, 0.5) is 5.69 Å². The average Bonchev–Trinajstić information content (AvgIpc) is 3.32. The van der Waals surface area contributed by atoms with Crippen LogP contribution < -0.4 is 15.7 Å². The second-order valence-corrected chi connectivity index (χ2v) is 7.06. The van der Waals surface area contributed by atoms with E-state index in [-0.39, 0.29) is 11.6 Å². The van der Waals surface area contributed by atoms with Crippen molar-refractivity contribution in [3.8, 4) is 11.4 Å². The predicted octanol–water partition coefficient (Wildman–Crippen LogP) is 3.58. The number of carbonyl (C=O) groups is 1. The third-order valence-corrected chi connectivity index (χ3v) is 5.23. The van der Waals surface area contributed by atoms with Gasteiger partial charge in [0, 0.05) is 38.2 Å². The molecule has 4 aromatic rings. The van der Waals surface area contributed by atoms with E-state index in [1.807, 2.05) is 29.1 Å². The van der Waals surface area contributed by atoms with Crippen LogP contribution in [0.1, 0.15) is 10.4 Å². The molecule has 29 heavy (non-hydrogen) atoms. The minimum atomic E-state index is -0.358. The second-order valence-electron chi connectivity index (χ2n) is 6.65. The van der Waals surface area contributed by atoms with Gasteiger partial charge in [0.2, 0.25) is 0 Å². The minimum Gasteiger partial charge on any atom is -0.496 e. The summed E-state index contributed by atoms with van der Waals surface area (Å²) in [5, 5.41) is 3.28. The molecule has 2 heterocycles. The smallest absolute Gasteiger partial charge is 0.328 e. The fourth-order valence-electron chi connectivity index (χ4n) is 3.36. The maximum Gasteiger partial charge on any atom is 0.328 e. The fraction of sp³-hybridized carbons (Fsp3) is 0.143. The van der Waals surface area contributed by atoms with Crippen LogP contribution in [-0.2, 0) is 14.1 Å². The molecule has 2 aromatic carbocycles. The quantitative estimate of drug-likeness (QED) is 0.559. The maximum absolute atomic E-state index is 12.9. The normalized spacial score (nSPS) is 11.0. The van der Waals surface area contributed by atoms with E-state index in [0.717, 1.165) is 11.0 Å². The van der Waals surface area contributed by atoms with Crippen LogP contribution in [0.5, 0.6) is 5.75 Å². The van der Waals surface area contributed by atoms with Gasteiger partial charge in [-0.1, -0.05) is 11.6 Å². The number of ether oxygens (including phenoxy) is 1. The Morgan fingerprint density at radius 2 is 1.72 bits per heavy atom. The van der Waals surface area contributed by atoms with E-state index in [9.17, 15) is 9.59 Å². The first-order chi connectivity index (χ1) is 13.9. The lowest BCUT2D eigenvalue weighted by Gasteiger charge is -2.14. The fourth-order valence-corrected chi connectivity index (χ4v) is 3.63. The Morgan fingerprint density at radius 1 is 1.03 bits per heavy atom. The summed E-state index contributed by atoms with van der Waals surface area (Å²) >= 11 is 6.42. The third-order valence-electron chi connectivity index (χ3n) is 4.93. The van der Waals surface area contributed by atoms with E-state index in [1.54, 1.807) is 49.0 Å². The third kappa shape index (κ3) is 3.19. The van der Waals surface area contributed by atoms with E-state index >= 15 is 0 Å². The van der Waals surface area contributed by atoms with Crippen molar-refractivity contribution in [2.75, 3.05) is 12.4 Å². The molecule has 0 spiro atoms. The molecule has 0 aliphatic carbocycles. The SMILES string of the molecule is COc1cc(-n2cccc2)c(Cl)cc1C(=O)Nc1ccc2c(c1)n(C)c(=O)n2C. The molecule has 0 saturated carbocycles. The van der Waals surface area contributed by atoms with Gasteiger partial charge in [0.25, 0.3) is 5.91 Å². The number of nitrogens with zero attached hydrogens (tertiary/aromatic N) is 3. The lowest BCUT2D eigenvalue weighted by Crippen LogP contribution is -2.19. The molecule has 148 valence electrons. The number of benzene rings is 2. The largest absolute Gasteiger partial charge is 0.496 e. The summed E-state index contributed by atoms with van der Waals surface area (Å²) in [5.41, 5.74) is 2.98. The van der Waals surface area contributed by atoms with Crippen molar-refractivity contribution in [3.63, 3.8) is 0 Å². The zero-order valence-electron chi connectivity index (χ0n) is 16.1. The van der Waals surface area contributed by atoms with Crippen molar-refractivity contribution < 1.29 is 9.53 Å². The molecule has 0 aliphatic heterocycles. The number of aromatic nitrogens is 3. The number of anilines is 1. The van der Waals surface area contributed by atoms with Crippen LogP contribution in [0, 0.1) is 0 Å². The van der Waals surface area contributed by atoms with Gasteiger partial charge in [0.15, 0.2) is 0 Å². The topological polar surface area (TPSA) is 70.2 Å². The molecule has 7 nitrogen and oxygen atoms in total. The number of imidazole rings is 1. The van der Waals surface area contributed by atoms with Gasteiger partial charge in [-0.15, -0.1) is 0 Å². The molecule has 1 amide bonds. The summed E-state index contributed by atoms with van der Waals surface area (Å²) in [4.78, 5) is 25.0. The highest BCUT2D eigenvalue weighted by molar-refractivity contribution is 6.33. The Balaban J connectivity index is 1.70. The first kappa shape index (κ1) is 18.9. The number of halogens is 1. The van der Waals surface area contributed by atoms with Gasteiger partial charge in [-0.05, 0) is 36.4 Å². The van der Waals surface area contributed by atoms with E-state index in [0.29, 0.717) is 27.7 Å². The van der Waals surface area contributed by atoms with Gasteiger partial charge in [-0.3, -0.25) is 13.9 Å². The molecule has 1 N–H and O–H groups in total. The van der Waals surface area contributed by atoms with Crippen molar-refractivity contribution >= 4 is 34.2 Å². The van der Waals surface area contributed by atoms with Crippen molar-refractivity contribution in [2.45, 2.75) is 0 Å². The summed E-state index contributed by atoms with van der Waals surface area (Å²) < 4.78 is 10.4. The molecule has 0 fully saturated rings. The van der Waals surface area contributed by atoms with Gasteiger partial charge < -0.3 is 14.6 Å². The summed E-state index contributed by atoms with van der Waals surface area (Å²) in [5.74, 6) is 0.0480. The Morgan fingerprint density at radius 3 is 2.41 bits per heavy atom. The van der Waals surface area contributed by atoms with Crippen LogP contribution in [0.25, 0.3) is 16.7 Å². The molecule has 0 atom stereocenters. The van der Waals surface area contributed by atoms with Gasteiger partial charge in [0.1, 0.15) is 5.75 Å². The predicted molar refractivity (Wildman–Crippen MR) is 113 cm³/mol. The van der Waals surface area contributed by atoms with Crippen molar-refractivity contribution in [1.82, 2.24) is 13.7 Å². The van der Waals surface area contributed by atoms with Gasteiger partial charge >= 0.3 is 5.69 Å². The number of carbonyl (C=O) groups excluding carboxylic acids is 1. The van der Waals surface area contributed by atoms with Gasteiger partial charge in [-0.25, -0.2) is 4.79 Å². The zero-order valence-corrected chi connectivity index (χ0v) is 16.9. The molecule has 0 aliphatic rings. The Kier molecular flexibility index (Phi) is 4.68. The summed E-state index contributed by atoms with van der Waals surface area (Å²) in [6.07, 6.45) is 3.72. The van der Waals surface area contributed by atoms with Crippen molar-refractivity contribution in [3.05, 3.63) is 75.9 Å². The maximum atomic E-state index is 12.9. The van der Waals surface area contributed by atoms with E-state index in [4.69, 9.17) is 16.3 Å². The molecular formula is C21H19ClN4O3. The highest BCUT2D eigenvalue weighted by atomic mass is 35.5. The van der Waals surface area contributed by atoms with Crippen LogP contribution in [0.15, 0.2) is 59.7 Å². The lowest BCUT2D eigenvalue weighted by atomic mass is 10.1. The highest BCUT2D eigenvalue weighted by Crippen LogP contribution is 2.30. The van der Waals surface area contributed by atoms with Crippen LogP contribution >= 0.6 is 11.6 Å². The standard InChI is InChI=1S/C21H19ClN4O3/c1-24-16-7-6-13(10-18(16)25(2)21(24)28)23-20(27)14-11-15(22)17(12-19(14)29-3)26-8-4-5-9-26/h4-12H,1-3H3,(H,23,27). The molecule has 2 aromatic heterocycles. The minimum absolute atomic E-state index is 0.127. The van der Waals surface area contributed by atoms with Crippen molar-refractivity contribution in [1.29, 1.82) is 0 Å². The Hall–Kier alpha value is -3.45. The molecule has 0 unspecified atom stereocenters. The first-order valence-electron chi connectivity index (χ1n) is 8.88. The molecular weight excluding hydrogens is 392 g/mol.